The molecule has 1 aromatic rings. The summed E-state index contributed by atoms with van der Waals surface area (Å²) in [5.74, 6) is 0.984. The Morgan fingerprint density at radius 3 is 3.10 bits per heavy atom. The summed E-state index contributed by atoms with van der Waals surface area (Å²) in [7, 11) is 1.71. The van der Waals surface area contributed by atoms with Gasteiger partial charge in [-0.3, -0.25) is 4.90 Å². The Morgan fingerprint density at radius 1 is 1.43 bits per heavy atom. The lowest BCUT2D eigenvalue weighted by Gasteiger charge is -2.42. The molecule has 6 heteroatoms. The van der Waals surface area contributed by atoms with Crippen molar-refractivity contribution in [2.24, 2.45) is 0 Å². The second-order valence-corrected chi connectivity index (χ2v) is 6.46. The largest absolute Gasteiger partial charge is 0.382 e. The molecule has 1 fully saturated rings. The first-order valence-electron chi connectivity index (χ1n) is 7.50. The van der Waals surface area contributed by atoms with Crippen LogP contribution in [0.2, 0.25) is 0 Å². The minimum absolute atomic E-state index is 0.0951. The van der Waals surface area contributed by atoms with Crippen LogP contribution < -0.4 is 0 Å². The third-order valence-corrected chi connectivity index (χ3v) is 3.95. The summed E-state index contributed by atoms with van der Waals surface area (Å²) in [6, 6.07) is 0. The summed E-state index contributed by atoms with van der Waals surface area (Å²) in [5, 5.41) is 4.24. The summed E-state index contributed by atoms with van der Waals surface area (Å²) in [6.07, 6.45) is 0.918. The van der Waals surface area contributed by atoms with Crippen LogP contribution in [0.3, 0.4) is 0 Å². The maximum absolute atomic E-state index is 6.04. The second kappa shape index (κ2) is 6.04. The van der Waals surface area contributed by atoms with Crippen LogP contribution in [0, 0.1) is 0 Å². The lowest BCUT2D eigenvalue weighted by Crippen LogP contribution is -2.53. The standard InChI is InChI=1S/C15H24N2O4/c1-15(2)10-17(6-11(20-15)8-18-3)7-13-12-9-19-5-4-14(12)21-16-13/h11H,4-10H2,1-3H3. The number of nitrogens with zero attached hydrogens (tertiary/aromatic N) is 2. The van der Waals surface area contributed by atoms with Crippen LogP contribution in [0.5, 0.6) is 0 Å². The van der Waals surface area contributed by atoms with Crippen LogP contribution in [-0.2, 0) is 33.8 Å². The monoisotopic (exact) mass is 296 g/mol. The van der Waals surface area contributed by atoms with E-state index < -0.39 is 0 Å². The zero-order valence-corrected chi connectivity index (χ0v) is 13.1. The molecule has 0 N–H and O–H groups in total. The van der Waals surface area contributed by atoms with E-state index in [9.17, 15) is 0 Å². The molecule has 3 heterocycles. The predicted octanol–water partition coefficient (Wildman–Crippen LogP) is 1.37. The number of aromatic nitrogens is 1. The molecule has 0 spiro atoms. The molecule has 0 amide bonds. The van der Waals surface area contributed by atoms with Crippen molar-refractivity contribution in [1.82, 2.24) is 10.1 Å². The van der Waals surface area contributed by atoms with Crippen molar-refractivity contribution in [3.63, 3.8) is 0 Å². The van der Waals surface area contributed by atoms with Crippen molar-refractivity contribution in [3.8, 4) is 0 Å². The van der Waals surface area contributed by atoms with Gasteiger partial charge in [0.15, 0.2) is 0 Å². The maximum atomic E-state index is 6.04. The number of fused-ring (bicyclic) bond motifs is 1. The van der Waals surface area contributed by atoms with Crippen LogP contribution >= 0.6 is 0 Å². The lowest BCUT2D eigenvalue weighted by atomic mass is 10.0. The van der Waals surface area contributed by atoms with Crippen LogP contribution in [0.15, 0.2) is 4.52 Å². The molecule has 1 saturated heterocycles. The fourth-order valence-electron chi connectivity index (χ4n) is 3.23. The second-order valence-electron chi connectivity index (χ2n) is 6.46. The van der Waals surface area contributed by atoms with E-state index in [0.29, 0.717) is 13.2 Å². The first-order valence-corrected chi connectivity index (χ1v) is 7.50. The Balaban J connectivity index is 1.70. The van der Waals surface area contributed by atoms with Gasteiger partial charge in [0.25, 0.3) is 0 Å². The highest BCUT2D eigenvalue weighted by atomic mass is 16.5. The molecule has 2 aliphatic rings. The molecule has 6 nitrogen and oxygen atoms in total. The molecule has 1 atom stereocenters. The molecular weight excluding hydrogens is 272 g/mol. The predicted molar refractivity (Wildman–Crippen MR) is 76.0 cm³/mol. The maximum Gasteiger partial charge on any atom is 0.144 e. The van der Waals surface area contributed by atoms with Crippen LogP contribution in [0.4, 0.5) is 0 Å². The van der Waals surface area contributed by atoms with Crippen molar-refractivity contribution in [3.05, 3.63) is 17.0 Å². The zero-order valence-electron chi connectivity index (χ0n) is 13.1. The van der Waals surface area contributed by atoms with Gasteiger partial charge in [0.2, 0.25) is 0 Å². The molecule has 3 rings (SSSR count). The first-order chi connectivity index (χ1) is 10.1. The SMILES string of the molecule is COCC1CN(Cc2noc3c2COCC3)CC(C)(C)O1. The van der Waals surface area contributed by atoms with E-state index in [4.69, 9.17) is 18.7 Å². The fourth-order valence-corrected chi connectivity index (χ4v) is 3.23. The third kappa shape index (κ3) is 3.45. The number of methoxy groups -OCH3 is 1. The first kappa shape index (κ1) is 15.0. The van der Waals surface area contributed by atoms with Crippen molar-refractivity contribution < 1.29 is 18.7 Å². The van der Waals surface area contributed by atoms with E-state index in [1.54, 1.807) is 7.11 Å². The molecule has 1 unspecified atom stereocenters. The third-order valence-electron chi connectivity index (χ3n) is 3.95. The Kier molecular flexibility index (Phi) is 4.31. The fraction of sp³-hybridized carbons (Fsp3) is 0.800. The molecule has 118 valence electrons. The number of rotatable bonds is 4. The van der Waals surface area contributed by atoms with Gasteiger partial charge in [0.1, 0.15) is 11.5 Å². The minimum atomic E-state index is -0.179. The molecule has 0 saturated carbocycles. The number of morpholine rings is 1. The summed E-state index contributed by atoms with van der Waals surface area (Å²) in [4.78, 5) is 2.36. The van der Waals surface area contributed by atoms with E-state index in [1.807, 2.05) is 0 Å². The zero-order chi connectivity index (χ0) is 14.9. The number of hydrogen-bond acceptors (Lipinski definition) is 6. The lowest BCUT2D eigenvalue weighted by molar-refractivity contribution is -0.154. The summed E-state index contributed by atoms with van der Waals surface area (Å²) < 4.78 is 22.2. The highest BCUT2D eigenvalue weighted by molar-refractivity contribution is 5.24. The molecule has 1 aromatic heterocycles. The molecule has 21 heavy (non-hydrogen) atoms. The minimum Gasteiger partial charge on any atom is -0.382 e. The van der Waals surface area contributed by atoms with Crippen molar-refractivity contribution >= 4 is 0 Å². The van der Waals surface area contributed by atoms with Crippen LogP contribution in [0.1, 0.15) is 30.9 Å². The summed E-state index contributed by atoms with van der Waals surface area (Å²) in [5.41, 5.74) is 1.95. The average Bonchev–Trinajstić information content (AvgIpc) is 2.81. The number of hydrogen-bond donors (Lipinski definition) is 0. The van der Waals surface area contributed by atoms with Gasteiger partial charge in [-0.2, -0.15) is 0 Å². The Hall–Kier alpha value is -0.950. The average molecular weight is 296 g/mol. The van der Waals surface area contributed by atoms with Gasteiger partial charge in [0.05, 0.1) is 31.5 Å². The smallest absolute Gasteiger partial charge is 0.144 e. The number of ether oxygens (including phenoxy) is 3. The van der Waals surface area contributed by atoms with E-state index >= 15 is 0 Å². The highest BCUT2D eigenvalue weighted by Crippen LogP contribution is 2.26. The molecule has 0 radical (unpaired) electrons. The van der Waals surface area contributed by atoms with Crippen LogP contribution in [0.25, 0.3) is 0 Å². The molecule has 2 aliphatic heterocycles. The van der Waals surface area contributed by atoms with Crippen LogP contribution in [-0.4, -0.2) is 55.2 Å². The van der Waals surface area contributed by atoms with E-state index in [2.05, 4.69) is 23.9 Å². The highest BCUT2D eigenvalue weighted by Gasteiger charge is 2.34. The summed E-state index contributed by atoms with van der Waals surface area (Å²) in [6.45, 7) is 8.67. The van der Waals surface area contributed by atoms with E-state index in [1.165, 1.54) is 0 Å². The van der Waals surface area contributed by atoms with Crippen molar-refractivity contribution in [2.75, 3.05) is 33.4 Å². The normalized spacial score (nSPS) is 25.8. The summed E-state index contributed by atoms with van der Waals surface area (Å²) >= 11 is 0. The Bertz CT molecular complexity index is 486. The molecule has 0 bridgehead atoms. The van der Waals surface area contributed by atoms with Gasteiger partial charge in [0, 0.05) is 38.7 Å². The van der Waals surface area contributed by atoms with Gasteiger partial charge >= 0.3 is 0 Å². The van der Waals surface area contributed by atoms with Gasteiger partial charge in [-0.25, -0.2) is 0 Å². The molecule has 0 aromatic carbocycles. The van der Waals surface area contributed by atoms with Crippen molar-refractivity contribution in [1.29, 1.82) is 0 Å². The van der Waals surface area contributed by atoms with Gasteiger partial charge < -0.3 is 18.7 Å². The topological polar surface area (TPSA) is 57.0 Å². The van der Waals surface area contributed by atoms with E-state index in [-0.39, 0.29) is 11.7 Å². The quantitative estimate of drug-likeness (QED) is 0.836. The van der Waals surface area contributed by atoms with Crippen molar-refractivity contribution in [2.45, 2.75) is 45.1 Å². The van der Waals surface area contributed by atoms with Gasteiger partial charge in [-0.15, -0.1) is 0 Å². The Labute approximate surface area is 125 Å². The molecule has 0 aliphatic carbocycles. The van der Waals surface area contributed by atoms with Gasteiger partial charge in [-0.1, -0.05) is 5.16 Å². The van der Waals surface area contributed by atoms with E-state index in [0.717, 1.165) is 49.7 Å². The Morgan fingerprint density at radius 2 is 2.29 bits per heavy atom. The van der Waals surface area contributed by atoms with Gasteiger partial charge in [-0.05, 0) is 13.8 Å². The molecular formula is C15H24N2O4.